The van der Waals surface area contributed by atoms with Crippen LogP contribution >= 0.6 is 0 Å². The number of anilines is 2. The second-order valence-electron chi connectivity index (χ2n) is 6.62. The van der Waals surface area contributed by atoms with Crippen molar-refractivity contribution in [3.63, 3.8) is 0 Å². The maximum Gasteiger partial charge on any atom is 0.230 e. The van der Waals surface area contributed by atoms with Gasteiger partial charge < -0.3 is 10.2 Å². The van der Waals surface area contributed by atoms with Gasteiger partial charge in [0.25, 0.3) is 0 Å². The number of carbonyl (C=O) groups is 1. The van der Waals surface area contributed by atoms with Gasteiger partial charge in [-0.25, -0.2) is 19.6 Å². The van der Waals surface area contributed by atoms with E-state index in [0.29, 0.717) is 18.2 Å². The Labute approximate surface area is 157 Å². The van der Waals surface area contributed by atoms with Crippen molar-refractivity contribution in [1.29, 1.82) is 0 Å². The summed E-state index contributed by atoms with van der Waals surface area (Å²) in [6.07, 6.45) is 6.87. The van der Waals surface area contributed by atoms with Gasteiger partial charge in [-0.2, -0.15) is 5.10 Å². The van der Waals surface area contributed by atoms with Crippen molar-refractivity contribution >= 4 is 17.5 Å². The van der Waals surface area contributed by atoms with Crippen LogP contribution in [0.1, 0.15) is 18.5 Å². The molecule has 1 amide bonds. The largest absolute Gasteiger partial charge is 0.356 e. The van der Waals surface area contributed by atoms with Crippen molar-refractivity contribution in [2.75, 3.05) is 23.3 Å². The number of hydrogen-bond donors (Lipinski definition) is 1. The van der Waals surface area contributed by atoms with Crippen LogP contribution in [0.25, 0.3) is 5.82 Å². The molecule has 0 saturated carbocycles. The normalized spacial score (nSPS) is 16.9. The molecule has 138 valence electrons. The summed E-state index contributed by atoms with van der Waals surface area (Å²) in [4.78, 5) is 27.8. The lowest BCUT2D eigenvalue weighted by Gasteiger charge is -2.32. The highest BCUT2D eigenvalue weighted by atomic mass is 16.2. The number of aromatic nitrogens is 5. The Morgan fingerprint density at radius 1 is 1.22 bits per heavy atom. The second kappa shape index (κ2) is 7.53. The molecular formula is C19H21N7O. The first-order valence-electron chi connectivity index (χ1n) is 9.00. The third-order valence-electron chi connectivity index (χ3n) is 4.63. The van der Waals surface area contributed by atoms with Crippen molar-refractivity contribution < 1.29 is 4.79 Å². The zero-order chi connectivity index (χ0) is 18.6. The summed E-state index contributed by atoms with van der Waals surface area (Å²) in [6.45, 7) is 3.39. The molecule has 3 aromatic heterocycles. The predicted octanol–water partition coefficient (Wildman–Crippen LogP) is 2.22. The van der Waals surface area contributed by atoms with Crippen molar-refractivity contribution in [3.05, 3.63) is 54.7 Å². The summed E-state index contributed by atoms with van der Waals surface area (Å²) >= 11 is 0. The molecule has 0 aliphatic carbocycles. The first kappa shape index (κ1) is 17.1. The van der Waals surface area contributed by atoms with E-state index in [1.54, 1.807) is 10.9 Å². The van der Waals surface area contributed by atoms with Gasteiger partial charge in [0.05, 0.1) is 5.92 Å². The van der Waals surface area contributed by atoms with E-state index in [2.05, 4.69) is 30.3 Å². The summed E-state index contributed by atoms with van der Waals surface area (Å²) in [6, 6.07) is 9.36. The average Bonchev–Trinajstić information content (AvgIpc) is 3.23. The summed E-state index contributed by atoms with van der Waals surface area (Å²) < 4.78 is 1.70. The molecule has 4 rings (SSSR count). The minimum absolute atomic E-state index is 0.000782. The molecule has 1 N–H and O–H groups in total. The van der Waals surface area contributed by atoms with Crippen molar-refractivity contribution in [1.82, 2.24) is 24.7 Å². The number of hydrogen-bond acceptors (Lipinski definition) is 6. The van der Waals surface area contributed by atoms with Crippen molar-refractivity contribution in [2.24, 2.45) is 5.92 Å². The molecule has 1 fully saturated rings. The SMILES string of the molecule is Cc1cccc(NC(=O)C2CCCN(c3cc(-n4cccn4)ncn3)C2)n1. The zero-order valence-corrected chi connectivity index (χ0v) is 15.1. The van der Waals surface area contributed by atoms with E-state index in [-0.39, 0.29) is 11.8 Å². The van der Waals surface area contributed by atoms with Crippen molar-refractivity contribution in [2.45, 2.75) is 19.8 Å². The van der Waals surface area contributed by atoms with Gasteiger partial charge >= 0.3 is 0 Å². The summed E-state index contributed by atoms with van der Waals surface area (Å²) in [5.74, 6) is 2.01. The van der Waals surface area contributed by atoms with Gasteiger partial charge in [-0.3, -0.25) is 4.79 Å². The first-order valence-corrected chi connectivity index (χ1v) is 9.00. The number of piperidine rings is 1. The number of rotatable bonds is 4. The highest BCUT2D eigenvalue weighted by molar-refractivity contribution is 5.92. The van der Waals surface area contributed by atoms with E-state index in [9.17, 15) is 4.79 Å². The molecule has 1 saturated heterocycles. The van der Waals surface area contributed by atoms with E-state index in [1.165, 1.54) is 6.33 Å². The zero-order valence-electron chi connectivity index (χ0n) is 15.1. The maximum absolute atomic E-state index is 12.7. The standard InChI is InChI=1S/C19H21N7O/c1-14-5-2-7-16(23-14)24-19(27)15-6-3-9-25(12-15)17-11-18(21-13-20-17)26-10-4-8-22-26/h2,4-5,7-8,10-11,13,15H,3,6,9,12H2,1H3,(H,23,24,27). The molecule has 0 radical (unpaired) electrons. The van der Waals surface area contributed by atoms with Gasteiger partial charge in [0, 0.05) is 37.2 Å². The molecule has 1 aliphatic rings. The van der Waals surface area contributed by atoms with Crippen LogP contribution in [-0.4, -0.2) is 43.7 Å². The molecule has 0 spiro atoms. The van der Waals surface area contributed by atoms with Gasteiger partial charge in [0.15, 0.2) is 5.82 Å². The molecule has 1 atom stereocenters. The fourth-order valence-corrected chi connectivity index (χ4v) is 3.28. The molecule has 4 heterocycles. The van der Waals surface area contributed by atoms with E-state index < -0.39 is 0 Å². The second-order valence-corrected chi connectivity index (χ2v) is 6.62. The van der Waals surface area contributed by atoms with Gasteiger partial charge in [-0.05, 0) is 38.0 Å². The Morgan fingerprint density at radius 2 is 2.11 bits per heavy atom. The van der Waals surface area contributed by atoms with Gasteiger partial charge in [-0.15, -0.1) is 0 Å². The number of aryl methyl sites for hydroxylation is 1. The summed E-state index contributed by atoms with van der Waals surface area (Å²) in [7, 11) is 0. The molecule has 8 nitrogen and oxygen atoms in total. The van der Waals surface area contributed by atoms with Crippen LogP contribution in [-0.2, 0) is 4.79 Å². The highest BCUT2D eigenvalue weighted by Gasteiger charge is 2.27. The number of pyridine rings is 1. The quantitative estimate of drug-likeness (QED) is 0.765. The van der Waals surface area contributed by atoms with Crippen LogP contribution < -0.4 is 10.2 Å². The number of carbonyl (C=O) groups excluding carboxylic acids is 1. The fourth-order valence-electron chi connectivity index (χ4n) is 3.28. The number of nitrogens with zero attached hydrogens (tertiary/aromatic N) is 6. The fraction of sp³-hybridized carbons (Fsp3) is 0.316. The van der Waals surface area contributed by atoms with Gasteiger partial charge in [-0.1, -0.05) is 6.07 Å². The average molecular weight is 363 g/mol. The molecule has 1 aliphatic heterocycles. The van der Waals surface area contributed by atoms with Crippen LogP contribution in [0.15, 0.2) is 49.1 Å². The van der Waals surface area contributed by atoms with E-state index in [4.69, 9.17) is 0 Å². The molecule has 8 heteroatoms. The summed E-state index contributed by atoms with van der Waals surface area (Å²) in [5, 5.41) is 7.14. The monoisotopic (exact) mass is 363 g/mol. The third-order valence-corrected chi connectivity index (χ3v) is 4.63. The lowest BCUT2D eigenvalue weighted by Crippen LogP contribution is -2.41. The Bertz CT molecular complexity index is 925. The van der Waals surface area contributed by atoms with E-state index >= 15 is 0 Å². The lowest BCUT2D eigenvalue weighted by atomic mass is 9.97. The molecule has 0 aromatic carbocycles. The van der Waals surface area contributed by atoms with Crippen LogP contribution in [0.5, 0.6) is 0 Å². The van der Waals surface area contributed by atoms with Gasteiger partial charge in [0.2, 0.25) is 5.91 Å². The molecule has 0 bridgehead atoms. The van der Waals surface area contributed by atoms with Crippen LogP contribution in [0.2, 0.25) is 0 Å². The smallest absolute Gasteiger partial charge is 0.230 e. The number of nitrogens with one attached hydrogen (secondary N) is 1. The topological polar surface area (TPSA) is 88.8 Å². The highest BCUT2D eigenvalue weighted by Crippen LogP contribution is 2.23. The lowest BCUT2D eigenvalue weighted by molar-refractivity contribution is -0.120. The first-order chi connectivity index (χ1) is 13.2. The Balaban J connectivity index is 1.46. The molecule has 1 unspecified atom stereocenters. The molecular weight excluding hydrogens is 342 g/mol. The van der Waals surface area contributed by atoms with Gasteiger partial charge in [0.1, 0.15) is 18.0 Å². The van der Waals surface area contributed by atoms with Crippen LogP contribution in [0, 0.1) is 12.8 Å². The number of amides is 1. The Morgan fingerprint density at radius 3 is 2.93 bits per heavy atom. The molecule has 3 aromatic rings. The van der Waals surface area contributed by atoms with E-state index in [1.807, 2.05) is 43.5 Å². The van der Waals surface area contributed by atoms with E-state index in [0.717, 1.165) is 30.9 Å². The van der Waals surface area contributed by atoms with Crippen LogP contribution in [0.3, 0.4) is 0 Å². The van der Waals surface area contributed by atoms with Crippen LogP contribution in [0.4, 0.5) is 11.6 Å². The Kier molecular flexibility index (Phi) is 4.78. The third kappa shape index (κ3) is 3.94. The minimum atomic E-state index is -0.107. The maximum atomic E-state index is 12.7. The Hall–Kier alpha value is -3.29. The minimum Gasteiger partial charge on any atom is -0.356 e. The van der Waals surface area contributed by atoms with Crippen molar-refractivity contribution in [3.8, 4) is 5.82 Å². The molecule has 27 heavy (non-hydrogen) atoms. The summed E-state index contributed by atoms with van der Waals surface area (Å²) in [5.41, 5.74) is 0.880. The predicted molar refractivity (Wildman–Crippen MR) is 102 cm³/mol.